The quantitative estimate of drug-likeness (QED) is 0.536. The third kappa shape index (κ3) is 3.04. The number of carbonyl (C=O) groups is 4. The fourth-order valence-electron chi connectivity index (χ4n) is 3.47. The smallest absolute Gasteiger partial charge is 0.336 e. The lowest BCUT2D eigenvalue weighted by Gasteiger charge is -2.27. The van der Waals surface area contributed by atoms with Crippen molar-refractivity contribution < 1.29 is 23.9 Å². The molecule has 0 bridgehead atoms. The molecule has 4 amide bonds. The minimum atomic E-state index is -0.876. The average molecular weight is 403 g/mol. The molecule has 0 unspecified atom stereocenters. The van der Waals surface area contributed by atoms with E-state index in [1.165, 1.54) is 30.7 Å². The van der Waals surface area contributed by atoms with Crippen LogP contribution in [0.1, 0.15) is 17.4 Å². The van der Waals surface area contributed by atoms with Gasteiger partial charge in [0.25, 0.3) is 11.8 Å². The molecule has 0 aliphatic carbocycles. The Bertz CT molecular complexity index is 1250. The summed E-state index contributed by atoms with van der Waals surface area (Å²) in [6.07, 6.45) is 1.31. The van der Waals surface area contributed by atoms with Crippen LogP contribution in [0.4, 0.5) is 10.5 Å². The van der Waals surface area contributed by atoms with Crippen LogP contribution in [0.15, 0.2) is 60.2 Å². The second-order valence-corrected chi connectivity index (χ2v) is 6.61. The van der Waals surface area contributed by atoms with Crippen molar-refractivity contribution in [2.45, 2.75) is 6.92 Å². The molecule has 0 saturated carbocycles. The molecule has 0 spiro atoms. The Kier molecular flexibility index (Phi) is 4.67. The molecule has 8 nitrogen and oxygen atoms in total. The van der Waals surface area contributed by atoms with Crippen molar-refractivity contribution in [3.05, 3.63) is 65.9 Å². The second kappa shape index (κ2) is 7.32. The van der Waals surface area contributed by atoms with Crippen LogP contribution in [0.3, 0.4) is 0 Å². The predicted octanol–water partition coefficient (Wildman–Crippen LogP) is 2.98. The number of imide groups is 2. The fourth-order valence-corrected chi connectivity index (χ4v) is 3.47. The van der Waals surface area contributed by atoms with Gasteiger partial charge in [-0.25, -0.2) is 9.69 Å². The molecular weight excluding hydrogens is 386 g/mol. The topological polar surface area (TPSA) is 97.7 Å². The Labute approximate surface area is 171 Å². The number of nitrogens with zero attached hydrogens (tertiary/aromatic N) is 2. The Balaban J connectivity index is 1.86. The zero-order chi connectivity index (χ0) is 21.4. The number of nitrogens with one attached hydrogen (secondary N) is 1. The van der Waals surface area contributed by atoms with E-state index in [2.05, 4.69) is 5.32 Å². The van der Waals surface area contributed by atoms with Gasteiger partial charge in [0, 0.05) is 12.3 Å². The maximum absolute atomic E-state index is 13.1. The number of amides is 4. The number of carbonyl (C=O) groups excluding carboxylic acids is 4. The maximum atomic E-state index is 13.1. The summed E-state index contributed by atoms with van der Waals surface area (Å²) in [5.41, 5.74) is 0.938. The van der Waals surface area contributed by atoms with Gasteiger partial charge in [-0.2, -0.15) is 0 Å². The minimum Gasteiger partial charge on any atom is -0.495 e. The lowest BCUT2D eigenvalue weighted by atomic mass is 10.1. The minimum absolute atomic E-state index is 0.202. The van der Waals surface area contributed by atoms with Crippen LogP contribution in [-0.2, 0) is 9.59 Å². The molecule has 8 heteroatoms. The van der Waals surface area contributed by atoms with E-state index < -0.39 is 17.8 Å². The van der Waals surface area contributed by atoms with Crippen molar-refractivity contribution in [3.8, 4) is 5.75 Å². The molecule has 1 aromatic heterocycles. The van der Waals surface area contributed by atoms with E-state index in [1.807, 2.05) is 12.1 Å². The van der Waals surface area contributed by atoms with Gasteiger partial charge in [-0.15, -0.1) is 0 Å². The number of aromatic nitrogens is 1. The van der Waals surface area contributed by atoms with Gasteiger partial charge in [0.1, 0.15) is 11.3 Å². The van der Waals surface area contributed by atoms with Crippen LogP contribution in [0.2, 0.25) is 0 Å². The highest BCUT2D eigenvalue weighted by Crippen LogP contribution is 2.31. The summed E-state index contributed by atoms with van der Waals surface area (Å²) >= 11 is 0. The Morgan fingerprint density at radius 1 is 1.03 bits per heavy atom. The van der Waals surface area contributed by atoms with Crippen molar-refractivity contribution >= 4 is 46.4 Å². The third-order valence-corrected chi connectivity index (χ3v) is 4.77. The summed E-state index contributed by atoms with van der Waals surface area (Å²) in [5, 5.41) is 2.95. The fraction of sp³-hybridized carbons (Fsp3) is 0.0909. The number of anilines is 1. The lowest BCUT2D eigenvalue weighted by Crippen LogP contribution is -2.54. The molecule has 3 aromatic rings. The first-order valence-corrected chi connectivity index (χ1v) is 9.08. The zero-order valence-electron chi connectivity index (χ0n) is 16.2. The Hall–Kier alpha value is -4.20. The number of hydrogen-bond acceptors (Lipinski definition) is 5. The monoisotopic (exact) mass is 403 g/mol. The van der Waals surface area contributed by atoms with Crippen LogP contribution >= 0.6 is 0 Å². The molecular formula is C22H17N3O5. The van der Waals surface area contributed by atoms with E-state index in [9.17, 15) is 19.2 Å². The number of para-hydroxylation sites is 3. The molecule has 1 N–H and O–H groups in total. The second-order valence-electron chi connectivity index (χ2n) is 6.61. The van der Waals surface area contributed by atoms with Crippen LogP contribution < -0.4 is 15.0 Å². The SMILES string of the molecule is COc1ccccc1N1C(=O)NC(=O)C(=Cc2cc3ccccc3n2C(C)=O)C1=O. The standard InChI is InChI=1S/C22H17N3O5/c1-13(26)24-15(11-14-7-3-4-8-17(14)24)12-16-20(27)23-22(29)25(21(16)28)18-9-5-6-10-19(18)30-2/h3-12H,1-2H3,(H,23,27,29). The van der Waals surface area contributed by atoms with E-state index in [-0.39, 0.29) is 17.2 Å². The maximum Gasteiger partial charge on any atom is 0.336 e. The number of hydrogen-bond donors (Lipinski definition) is 1. The van der Waals surface area contributed by atoms with Crippen molar-refractivity contribution in [1.29, 1.82) is 0 Å². The van der Waals surface area contributed by atoms with Crippen molar-refractivity contribution in [2.24, 2.45) is 0 Å². The predicted molar refractivity (Wildman–Crippen MR) is 110 cm³/mol. The summed E-state index contributed by atoms with van der Waals surface area (Å²) < 4.78 is 6.65. The summed E-state index contributed by atoms with van der Waals surface area (Å²) in [7, 11) is 1.42. The molecule has 1 fully saturated rings. The molecule has 30 heavy (non-hydrogen) atoms. The third-order valence-electron chi connectivity index (χ3n) is 4.77. The highest BCUT2D eigenvalue weighted by Gasteiger charge is 2.38. The van der Waals surface area contributed by atoms with Crippen molar-refractivity contribution in [3.63, 3.8) is 0 Å². The number of fused-ring (bicyclic) bond motifs is 1. The van der Waals surface area contributed by atoms with Crippen LogP contribution in [0.25, 0.3) is 17.0 Å². The first kappa shape index (κ1) is 19.1. The van der Waals surface area contributed by atoms with E-state index in [0.717, 1.165) is 10.3 Å². The van der Waals surface area contributed by atoms with Crippen LogP contribution in [0, 0.1) is 0 Å². The first-order chi connectivity index (χ1) is 14.4. The lowest BCUT2D eigenvalue weighted by molar-refractivity contribution is -0.122. The first-order valence-electron chi connectivity index (χ1n) is 9.08. The normalized spacial score (nSPS) is 15.6. The summed E-state index contributed by atoms with van der Waals surface area (Å²) in [4.78, 5) is 51.1. The number of ether oxygens (including phenoxy) is 1. The number of barbiturate groups is 1. The van der Waals surface area contributed by atoms with Gasteiger partial charge < -0.3 is 4.74 Å². The van der Waals surface area contributed by atoms with Gasteiger partial charge >= 0.3 is 6.03 Å². The molecule has 1 saturated heterocycles. The van der Waals surface area contributed by atoms with Crippen LogP contribution in [0.5, 0.6) is 5.75 Å². The molecule has 1 aliphatic rings. The average Bonchev–Trinajstić information content (AvgIpc) is 3.09. The molecule has 150 valence electrons. The Morgan fingerprint density at radius 3 is 2.47 bits per heavy atom. The van der Waals surface area contributed by atoms with E-state index in [4.69, 9.17) is 4.74 Å². The molecule has 0 atom stereocenters. The van der Waals surface area contributed by atoms with Crippen molar-refractivity contribution in [2.75, 3.05) is 12.0 Å². The molecule has 0 radical (unpaired) electrons. The van der Waals surface area contributed by atoms with Crippen molar-refractivity contribution in [1.82, 2.24) is 9.88 Å². The Morgan fingerprint density at radius 2 is 1.73 bits per heavy atom. The van der Waals surface area contributed by atoms with Gasteiger partial charge in [0.15, 0.2) is 0 Å². The van der Waals surface area contributed by atoms with E-state index in [1.54, 1.807) is 36.4 Å². The molecule has 2 heterocycles. The summed E-state index contributed by atoms with van der Waals surface area (Å²) in [5.74, 6) is -1.62. The van der Waals surface area contributed by atoms with E-state index in [0.29, 0.717) is 17.0 Å². The van der Waals surface area contributed by atoms with Gasteiger partial charge in [0.2, 0.25) is 5.91 Å². The molecule has 1 aliphatic heterocycles. The molecule has 2 aromatic carbocycles. The zero-order valence-corrected chi connectivity index (χ0v) is 16.2. The van der Waals surface area contributed by atoms with Gasteiger partial charge in [0.05, 0.1) is 24.0 Å². The number of urea groups is 1. The van der Waals surface area contributed by atoms with Gasteiger partial charge in [-0.1, -0.05) is 30.3 Å². The highest BCUT2D eigenvalue weighted by atomic mass is 16.5. The van der Waals surface area contributed by atoms with Gasteiger partial charge in [-0.3, -0.25) is 24.3 Å². The largest absolute Gasteiger partial charge is 0.495 e. The molecule has 4 rings (SSSR count). The summed E-state index contributed by atoms with van der Waals surface area (Å²) in [6.45, 7) is 1.39. The number of methoxy groups -OCH3 is 1. The summed E-state index contributed by atoms with van der Waals surface area (Å²) in [6, 6.07) is 14.5. The van der Waals surface area contributed by atoms with Gasteiger partial charge in [-0.05, 0) is 30.3 Å². The van der Waals surface area contributed by atoms with E-state index >= 15 is 0 Å². The highest BCUT2D eigenvalue weighted by molar-refractivity contribution is 6.39. The number of rotatable bonds is 3. The van der Waals surface area contributed by atoms with Crippen LogP contribution in [-0.4, -0.2) is 35.4 Å². The number of benzene rings is 2.